The number of benzene rings is 1. The first-order valence-corrected chi connectivity index (χ1v) is 6.57. The lowest BCUT2D eigenvalue weighted by Crippen LogP contribution is -2.34. The number of carboxylic acid groups (broad SMARTS) is 1. The van der Waals surface area contributed by atoms with E-state index >= 15 is 0 Å². The fraction of sp³-hybridized carbons (Fsp3) is 0.357. The molecule has 1 aliphatic heterocycles. The minimum atomic E-state index is -1.01. The van der Waals surface area contributed by atoms with Crippen molar-refractivity contribution in [2.24, 2.45) is 11.7 Å². The van der Waals surface area contributed by atoms with Gasteiger partial charge in [0, 0.05) is 18.8 Å². The molecule has 1 aromatic carbocycles. The summed E-state index contributed by atoms with van der Waals surface area (Å²) >= 11 is 0. The second-order valence-corrected chi connectivity index (χ2v) is 5.10. The fourth-order valence-electron chi connectivity index (χ4n) is 2.36. The van der Waals surface area contributed by atoms with Crippen molar-refractivity contribution in [3.8, 4) is 0 Å². The second kappa shape index (κ2) is 5.82. The van der Waals surface area contributed by atoms with E-state index in [2.05, 4.69) is 5.32 Å². The number of rotatable bonds is 3. The molecule has 7 nitrogen and oxygen atoms in total. The highest BCUT2D eigenvalue weighted by Crippen LogP contribution is 2.19. The Morgan fingerprint density at radius 1 is 1.38 bits per heavy atom. The van der Waals surface area contributed by atoms with Crippen LogP contribution in [0.3, 0.4) is 0 Å². The van der Waals surface area contributed by atoms with Crippen LogP contribution in [0.4, 0.5) is 10.5 Å². The van der Waals surface area contributed by atoms with Crippen LogP contribution in [0.15, 0.2) is 18.2 Å². The average Bonchev–Trinajstić information content (AvgIpc) is 2.88. The number of nitrogens with one attached hydrogen (secondary N) is 1. The SMILES string of the molecule is Cc1cc(NC(=O)N2CCC(C(N)=O)C2)ccc1C(=O)O. The van der Waals surface area contributed by atoms with Gasteiger partial charge in [-0.1, -0.05) is 0 Å². The molecule has 0 saturated carbocycles. The highest BCUT2D eigenvalue weighted by molar-refractivity contribution is 5.93. The maximum atomic E-state index is 12.1. The first kappa shape index (κ1) is 14.8. The molecule has 7 heteroatoms. The standard InChI is InChI=1S/C14H17N3O4/c1-8-6-10(2-3-11(8)13(19)20)16-14(21)17-5-4-9(7-17)12(15)18/h2-3,6,9H,4-5,7H2,1H3,(H2,15,18)(H,16,21)(H,19,20). The molecule has 4 N–H and O–H groups in total. The molecule has 1 aliphatic rings. The molecule has 2 rings (SSSR count). The molecule has 0 bridgehead atoms. The summed E-state index contributed by atoms with van der Waals surface area (Å²) in [5.41, 5.74) is 6.51. The van der Waals surface area contributed by atoms with E-state index in [1.165, 1.54) is 17.0 Å². The molecular weight excluding hydrogens is 274 g/mol. The summed E-state index contributed by atoms with van der Waals surface area (Å²) in [5, 5.41) is 11.6. The normalized spacial score (nSPS) is 17.6. The van der Waals surface area contributed by atoms with E-state index in [0.717, 1.165) is 0 Å². The molecule has 21 heavy (non-hydrogen) atoms. The van der Waals surface area contributed by atoms with Crippen LogP contribution in [0.1, 0.15) is 22.3 Å². The molecule has 1 heterocycles. The Hall–Kier alpha value is -2.57. The lowest BCUT2D eigenvalue weighted by atomic mass is 10.1. The number of nitrogens with zero attached hydrogens (tertiary/aromatic N) is 1. The largest absolute Gasteiger partial charge is 0.478 e. The van der Waals surface area contributed by atoms with Crippen LogP contribution >= 0.6 is 0 Å². The molecule has 3 amide bonds. The molecule has 0 spiro atoms. The molecule has 0 radical (unpaired) electrons. The Balaban J connectivity index is 2.02. The smallest absolute Gasteiger partial charge is 0.335 e. The van der Waals surface area contributed by atoms with Gasteiger partial charge in [0.05, 0.1) is 11.5 Å². The molecule has 1 fully saturated rings. The van der Waals surface area contributed by atoms with Crippen LogP contribution in [-0.2, 0) is 4.79 Å². The average molecular weight is 291 g/mol. The molecule has 0 aliphatic carbocycles. The summed E-state index contributed by atoms with van der Waals surface area (Å²) in [6, 6.07) is 4.27. The van der Waals surface area contributed by atoms with Gasteiger partial charge in [-0.2, -0.15) is 0 Å². The van der Waals surface area contributed by atoms with Crippen molar-refractivity contribution in [2.75, 3.05) is 18.4 Å². The summed E-state index contributed by atoms with van der Waals surface area (Å²) in [6.45, 7) is 2.46. The summed E-state index contributed by atoms with van der Waals surface area (Å²) in [7, 11) is 0. The van der Waals surface area contributed by atoms with Gasteiger partial charge in [0.1, 0.15) is 0 Å². The van der Waals surface area contributed by atoms with Crippen LogP contribution in [0.5, 0.6) is 0 Å². The Kier molecular flexibility index (Phi) is 4.11. The molecule has 0 aromatic heterocycles. The van der Waals surface area contributed by atoms with Gasteiger partial charge in [0.2, 0.25) is 5.91 Å². The highest BCUT2D eigenvalue weighted by Gasteiger charge is 2.29. The summed E-state index contributed by atoms with van der Waals surface area (Å²) in [6.07, 6.45) is 0.569. The number of aryl methyl sites for hydroxylation is 1. The number of carboxylic acids is 1. The van der Waals surface area contributed by atoms with Crippen LogP contribution in [0.2, 0.25) is 0 Å². The summed E-state index contributed by atoms with van der Waals surface area (Å²) in [5.74, 6) is -1.70. The van der Waals surface area contributed by atoms with Crippen molar-refractivity contribution >= 4 is 23.6 Å². The lowest BCUT2D eigenvalue weighted by Gasteiger charge is -2.17. The minimum Gasteiger partial charge on any atom is -0.478 e. The predicted molar refractivity (Wildman–Crippen MR) is 76.0 cm³/mol. The van der Waals surface area contributed by atoms with Crippen molar-refractivity contribution in [3.05, 3.63) is 29.3 Å². The Morgan fingerprint density at radius 2 is 2.10 bits per heavy atom. The van der Waals surface area contributed by atoms with Crippen molar-refractivity contribution in [1.29, 1.82) is 0 Å². The van der Waals surface area contributed by atoms with Gasteiger partial charge < -0.3 is 21.1 Å². The van der Waals surface area contributed by atoms with Crippen molar-refractivity contribution in [2.45, 2.75) is 13.3 Å². The van der Waals surface area contributed by atoms with Gasteiger partial charge in [-0.25, -0.2) is 9.59 Å². The number of aromatic carboxylic acids is 1. The van der Waals surface area contributed by atoms with E-state index in [9.17, 15) is 14.4 Å². The molecule has 1 atom stereocenters. The van der Waals surface area contributed by atoms with E-state index < -0.39 is 11.9 Å². The lowest BCUT2D eigenvalue weighted by molar-refractivity contribution is -0.121. The number of carbonyl (C=O) groups excluding carboxylic acids is 2. The zero-order chi connectivity index (χ0) is 15.6. The molecule has 1 aromatic rings. The number of amides is 3. The topological polar surface area (TPSA) is 113 Å². The Morgan fingerprint density at radius 3 is 2.62 bits per heavy atom. The number of urea groups is 1. The van der Waals surface area contributed by atoms with Crippen LogP contribution in [0.25, 0.3) is 0 Å². The Labute approximate surface area is 121 Å². The third-order valence-electron chi connectivity index (χ3n) is 3.59. The van der Waals surface area contributed by atoms with Gasteiger partial charge in [-0.05, 0) is 37.1 Å². The number of carbonyl (C=O) groups is 3. The third-order valence-corrected chi connectivity index (χ3v) is 3.59. The maximum absolute atomic E-state index is 12.1. The Bertz CT molecular complexity index is 600. The van der Waals surface area contributed by atoms with E-state index in [4.69, 9.17) is 10.8 Å². The first-order valence-electron chi connectivity index (χ1n) is 6.57. The van der Waals surface area contributed by atoms with Crippen LogP contribution < -0.4 is 11.1 Å². The minimum absolute atomic E-state index is 0.197. The quantitative estimate of drug-likeness (QED) is 0.772. The van der Waals surface area contributed by atoms with E-state index in [0.29, 0.717) is 30.8 Å². The first-order chi connectivity index (χ1) is 9.88. The van der Waals surface area contributed by atoms with Crippen molar-refractivity contribution in [1.82, 2.24) is 4.90 Å². The number of hydrogen-bond acceptors (Lipinski definition) is 3. The number of likely N-dealkylation sites (tertiary alicyclic amines) is 1. The van der Waals surface area contributed by atoms with E-state index in [1.54, 1.807) is 13.0 Å². The second-order valence-electron chi connectivity index (χ2n) is 5.10. The van der Waals surface area contributed by atoms with Gasteiger partial charge in [-0.15, -0.1) is 0 Å². The van der Waals surface area contributed by atoms with Crippen LogP contribution in [-0.4, -0.2) is 41.0 Å². The van der Waals surface area contributed by atoms with Crippen molar-refractivity contribution < 1.29 is 19.5 Å². The molecule has 1 unspecified atom stereocenters. The van der Waals surface area contributed by atoms with Crippen molar-refractivity contribution in [3.63, 3.8) is 0 Å². The number of nitrogens with two attached hydrogens (primary N) is 1. The predicted octanol–water partition coefficient (Wildman–Crippen LogP) is 1.03. The van der Waals surface area contributed by atoms with E-state index in [1.807, 2.05) is 0 Å². The van der Waals surface area contributed by atoms with Gasteiger partial charge >= 0.3 is 12.0 Å². The zero-order valence-electron chi connectivity index (χ0n) is 11.6. The maximum Gasteiger partial charge on any atom is 0.335 e. The van der Waals surface area contributed by atoms with Gasteiger partial charge in [-0.3, -0.25) is 4.79 Å². The number of hydrogen-bond donors (Lipinski definition) is 3. The molecule has 1 saturated heterocycles. The summed E-state index contributed by atoms with van der Waals surface area (Å²) < 4.78 is 0. The molecular formula is C14H17N3O4. The zero-order valence-corrected chi connectivity index (χ0v) is 11.6. The highest BCUT2D eigenvalue weighted by atomic mass is 16.4. The van der Waals surface area contributed by atoms with E-state index in [-0.39, 0.29) is 17.5 Å². The number of anilines is 1. The molecule has 112 valence electrons. The number of primary amides is 1. The van der Waals surface area contributed by atoms with Crippen LogP contribution in [0, 0.1) is 12.8 Å². The monoisotopic (exact) mass is 291 g/mol. The van der Waals surface area contributed by atoms with Gasteiger partial charge in [0.15, 0.2) is 0 Å². The third kappa shape index (κ3) is 3.31. The van der Waals surface area contributed by atoms with Gasteiger partial charge in [0.25, 0.3) is 0 Å². The summed E-state index contributed by atoms with van der Waals surface area (Å²) in [4.78, 5) is 35.6. The fourth-order valence-corrected chi connectivity index (χ4v) is 2.36.